The lowest BCUT2D eigenvalue weighted by molar-refractivity contribution is 0.129. The highest BCUT2D eigenvalue weighted by Crippen LogP contribution is 2.31. The second kappa shape index (κ2) is 7.52. The molecule has 142 valence electrons. The predicted molar refractivity (Wildman–Crippen MR) is 104 cm³/mol. The van der Waals surface area contributed by atoms with Crippen molar-refractivity contribution in [1.29, 1.82) is 0 Å². The zero-order valence-corrected chi connectivity index (χ0v) is 15.8. The molecule has 3 aliphatic rings. The second-order valence-corrected chi connectivity index (χ2v) is 6.87. The maximum atomic E-state index is 13.1. The Balaban J connectivity index is 1.71. The third kappa shape index (κ3) is 3.35. The summed E-state index contributed by atoms with van der Waals surface area (Å²) in [6, 6.07) is 10.5. The van der Waals surface area contributed by atoms with Gasteiger partial charge in [0, 0.05) is 25.7 Å². The largest absolute Gasteiger partial charge is 0.374 e. The van der Waals surface area contributed by atoms with Crippen LogP contribution in [0.1, 0.15) is 31.7 Å². The highest BCUT2D eigenvalue weighted by atomic mass is 16.5. The van der Waals surface area contributed by atoms with Crippen molar-refractivity contribution >= 4 is 5.82 Å². The molecule has 27 heavy (non-hydrogen) atoms. The first-order valence-electron chi connectivity index (χ1n) is 9.59. The van der Waals surface area contributed by atoms with Crippen molar-refractivity contribution < 1.29 is 4.74 Å². The molecule has 1 aromatic carbocycles. The molecule has 1 atom stereocenters. The summed E-state index contributed by atoms with van der Waals surface area (Å²) in [4.78, 5) is 22.3. The minimum absolute atomic E-state index is 0.0229. The number of nitrogens with one attached hydrogen (secondary N) is 1. The lowest BCUT2D eigenvalue weighted by Crippen LogP contribution is -2.32. The first-order chi connectivity index (χ1) is 13.2. The Morgan fingerprint density at radius 3 is 2.78 bits per heavy atom. The normalized spacial score (nSPS) is 15.9. The van der Waals surface area contributed by atoms with E-state index in [-0.39, 0.29) is 11.7 Å². The van der Waals surface area contributed by atoms with Crippen molar-refractivity contribution in [2.75, 3.05) is 11.9 Å². The Kier molecular flexibility index (Phi) is 4.94. The van der Waals surface area contributed by atoms with E-state index in [1.165, 1.54) is 5.56 Å². The molecular formula is C20H25N5O2. The van der Waals surface area contributed by atoms with Gasteiger partial charge in [-0.1, -0.05) is 37.3 Å². The lowest BCUT2D eigenvalue weighted by atomic mass is 10.1. The highest BCUT2D eigenvalue weighted by Gasteiger charge is 2.31. The van der Waals surface area contributed by atoms with Crippen LogP contribution in [0.3, 0.4) is 0 Å². The van der Waals surface area contributed by atoms with E-state index in [0.717, 1.165) is 24.4 Å². The molecule has 1 N–H and O–H groups in total. The summed E-state index contributed by atoms with van der Waals surface area (Å²) in [5, 5.41) is 3.51. The van der Waals surface area contributed by atoms with E-state index in [1.807, 2.05) is 29.7 Å². The standard InChI is InChI=1S/C20H25N5O2/c1-3-10-24-19-17(22-16(23-19)13-27-4-2)18-21-15(12-25(18)20(24)26)11-14-8-6-5-7-9-14/h5-9,15,21H,3-4,10-13H2,1-2H3/t15-/m1/s1. The zero-order chi connectivity index (χ0) is 18.8. The number of imidazole rings is 1. The van der Waals surface area contributed by atoms with Gasteiger partial charge in [-0.15, -0.1) is 0 Å². The van der Waals surface area contributed by atoms with Crippen molar-refractivity contribution in [3.05, 3.63) is 52.2 Å². The maximum Gasteiger partial charge on any atom is 0.331 e. The monoisotopic (exact) mass is 367 g/mol. The van der Waals surface area contributed by atoms with Crippen LogP contribution < -0.4 is 11.0 Å². The molecule has 0 spiro atoms. The van der Waals surface area contributed by atoms with Crippen LogP contribution in [0.25, 0.3) is 11.5 Å². The molecule has 3 aliphatic heterocycles. The summed E-state index contributed by atoms with van der Waals surface area (Å²) >= 11 is 0. The third-order valence-electron chi connectivity index (χ3n) is 4.85. The summed E-state index contributed by atoms with van der Waals surface area (Å²) in [5.74, 6) is 2.05. The van der Waals surface area contributed by atoms with E-state index in [4.69, 9.17) is 4.74 Å². The van der Waals surface area contributed by atoms with Crippen LogP contribution in [0, 0.1) is 0 Å². The van der Waals surface area contributed by atoms with Crippen molar-refractivity contribution in [3.63, 3.8) is 0 Å². The summed E-state index contributed by atoms with van der Waals surface area (Å²) in [5.41, 5.74) is 1.98. The summed E-state index contributed by atoms with van der Waals surface area (Å²) in [6.45, 7) is 6.24. The molecule has 0 radical (unpaired) electrons. The van der Waals surface area contributed by atoms with Gasteiger partial charge in [-0.05, 0) is 25.3 Å². The Hall–Kier alpha value is -2.67. The fourth-order valence-electron chi connectivity index (χ4n) is 3.66. The molecular weight excluding hydrogens is 342 g/mol. The van der Waals surface area contributed by atoms with Crippen LogP contribution in [0.2, 0.25) is 0 Å². The number of aromatic nitrogens is 4. The van der Waals surface area contributed by atoms with Gasteiger partial charge < -0.3 is 10.1 Å². The number of benzene rings is 1. The minimum Gasteiger partial charge on any atom is -0.374 e. The average Bonchev–Trinajstić information content (AvgIpc) is 3.28. The molecule has 0 amide bonds. The van der Waals surface area contributed by atoms with Crippen molar-refractivity contribution in [1.82, 2.24) is 19.1 Å². The second-order valence-electron chi connectivity index (χ2n) is 6.87. The highest BCUT2D eigenvalue weighted by molar-refractivity contribution is 5.69. The quantitative estimate of drug-likeness (QED) is 0.695. The number of ether oxygens (including phenoxy) is 1. The van der Waals surface area contributed by atoms with E-state index >= 15 is 0 Å². The van der Waals surface area contributed by atoms with E-state index in [0.29, 0.717) is 38.0 Å². The van der Waals surface area contributed by atoms with Gasteiger partial charge in [0.05, 0.1) is 0 Å². The van der Waals surface area contributed by atoms with E-state index in [1.54, 1.807) is 4.57 Å². The Labute approximate surface area is 158 Å². The van der Waals surface area contributed by atoms with Gasteiger partial charge >= 0.3 is 5.69 Å². The molecule has 3 heterocycles. The summed E-state index contributed by atoms with van der Waals surface area (Å²) in [7, 11) is 0. The third-order valence-corrected chi connectivity index (χ3v) is 4.85. The van der Waals surface area contributed by atoms with Crippen molar-refractivity contribution in [3.8, 4) is 11.5 Å². The maximum absolute atomic E-state index is 13.1. The average molecular weight is 367 g/mol. The van der Waals surface area contributed by atoms with Crippen LogP contribution >= 0.6 is 0 Å². The van der Waals surface area contributed by atoms with Gasteiger partial charge in [0.25, 0.3) is 0 Å². The predicted octanol–water partition coefficient (Wildman–Crippen LogP) is 2.53. The summed E-state index contributed by atoms with van der Waals surface area (Å²) in [6.07, 6.45) is 1.72. The number of nitrogens with zero attached hydrogens (tertiary/aromatic N) is 4. The van der Waals surface area contributed by atoms with E-state index < -0.39 is 0 Å². The van der Waals surface area contributed by atoms with Gasteiger partial charge in [0.1, 0.15) is 18.1 Å². The van der Waals surface area contributed by atoms with Crippen LogP contribution in [0.4, 0.5) is 5.82 Å². The number of anilines is 1. The van der Waals surface area contributed by atoms with Crippen molar-refractivity contribution in [2.24, 2.45) is 0 Å². The molecule has 0 aromatic heterocycles. The fourth-order valence-corrected chi connectivity index (χ4v) is 3.66. The molecule has 0 saturated carbocycles. The van der Waals surface area contributed by atoms with E-state index in [9.17, 15) is 4.79 Å². The number of fused-ring (bicyclic) bond motifs is 3. The molecule has 0 fully saturated rings. The van der Waals surface area contributed by atoms with Crippen LogP contribution in [-0.2, 0) is 30.9 Å². The first kappa shape index (κ1) is 17.7. The molecule has 0 aliphatic carbocycles. The molecule has 0 saturated heterocycles. The Morgan fingerprint density at radius 1 is 1.22 bits per heavy atom. The lowest BCUT2D eigenvalue weighted by Gasteiger charge is -2.13. The smallest absolute Gasteiger partial charge is 0.331 e. The van der Waals surface area contributed by atoms with Gasteiger partial charge in [0.2, 0.25) is 0 Å². The first-order valence-corrected chi connectivity index (χ1v) is 9.59. The Bertz CT molecular complexity index is 947. The minimum atomic E-state index is -0.0229. The SMILES string of the molecule is CCCn1c2nc(COCC)nc-2c2n(c1=O)C[C@@H](Cc1ccccc1)N2. The number of hydrogen-bond donors (Lipinski definition) is 1. The van der Waals surface area contributed by atoms with Crippen LogP contribution in [0.5, 0.6) is 0 Å². The van der Waals surface area contributed by atoms with Gasteiger partial charge in [-0.3, -0.25) is 9.13 Å². The fraction of sp³-hybridized carbons (Fsp3) is 0.450. The zero-order valence-electron chi connectivity index (χ0n) is 15.8. The molecule has 1 aromatic rings. The van der Waals surface area contributed by atoms with Crippen LogP contribution in [-0.4, -0.2) is 31.8 Å². The topological polar surface area (TPSA) is 74.0 Å². The van der Waals surface area contributed by atoms with E-state index in [2.05, 4.69) is 34.3 Å². The molecule has 7 nitrogen and oxygen atoms in total. The van der Waals surface area contributed by atoms with Gasteiger partial charge in [-0.2, -0.15) is 0 Å². The summed E-state index contributed by atoms with van der Waals surface area (Å²) < 4.78 is 9.01. The van der Waals surface area contributed by atoms with Gasteiger partial charge in [-0.25, -0.2) is 14.8 Å². The number of rotatable bonds is 7. The molecule has 4 rings (SSSR count). The molecule has 7 heteroatoms. The van der Waals surface area contributed by atoms with Crippen molar-refractivity contribution in [2.45, 2.75) is 52.4 Å². The molecule has 0 unspecified atom stereocenters. The van der Waals surface area contributed by atoms with Crippen LogP contribution in [0.15, 0.2) is 35.1 Å². The Morgan fingerprint density at radius 2 is 2.04 bits per heavy atom. The molecule has 0 bridgehead atoms. The number of hydrogen-bond acceptors (Lipinski definition) is 5. The van der Waals surface area contributed by atoms with Gasteiger partial charge in [0.15, 0.2) is 11.6 Å².